The van der Waals surface area contributed by atoms with E-state index in [1.807, 2.05) is 30.3 Å². The number of amides is 1. The Kier molecular flexibility index (Phi) is 6.53. The molecule has 1 fully saturated rings. The summed E-state index contributed by atoms with van der Waals surface area (Å²) in [7, 11) is 1.56. The molecule has 1 atom stereocenters. The predicted molar refractivity (Wildman–Crippen MR) is 105 cm³/mol. The van der Waals surface area contributed by atoms with Crippen LogP contribution in [0.4, 0.5) is 0 Å². The van der Waals surface area contributed by atoms with Gasteiger partial charge in [-0.2, -0.15) is 0 Å². The molecule has 0 aromatic heterocycles. The van der Waals surface area contributed by atoms with Crippen molar-refractivity contribution in [3.8, 4) is 11.5 Å². The number of hydrogen-bond donors (Lipinski definition) is 2. The molecule has 2 N–H and O–H groups in total. The van der Waals surface area contributed by atoms with E-state index < -0.39 is 11.9 Å². The summed E-state index contributed by atoms with van der Waals surface area (Å²) in [5.74, 6) is -0.393. The minimum Gasteiger partial charge on any atom is -0.497 e. The van der Waals surface area contributed by atoms with Crippen molar-refractivity contribution >= 4 is 11.9 Å². The lowest BCUT2D eigenvalue weighted by Gasteiger charge is -2.16. The lowest BCUT2D eigenvalue weighted by atomic mass is 9.99. The number of rotatable bonds is 10. The van der Waals surface area contributed by atoms with E-state index in [0.717, 1.165) is 18.4 Å². The molecule has 0 bridgehead atoms. The molecule has 2 aromatic rings. The van der Waals surface area contributed by atoms with Gasteiger partial charge in [-0.25, -0.2) is 0 Å². The fourth-order valence-electron chi connectivity index (χ4n) is 2.89. The van der Waals surface area contributed by atoms with Crippen LogP contribution in [0.5, 0.6) is 11.5 Å². The SMILES string of the molecule is COc1ccc(C(=O)NCC(Cc2ccccc2)C(=O)O)c(OCC2CC2)c1. The summed E-state index contributed by atoms with van der Waals surface area (Å²) in [6.07, 6.45) is 2.64. The quantitative estimate of drug-likeness (QED) is 0.658. The van der Waals surface area contributed by atoms with Gasteiger partial charge >= 0.3 is 5.97 Å². The van der Waals surface area contributed by atoms with Crippen LogP contribution in [0.1, 0.15) is 28.8 Å². The normalized spacial score (nSPS) is 14.2. The van der Waals surface area contributed by atoms with Crippen molar-refractivity contribution in [1.29, 1.82) is 0 Å². The average Bonchev–Trinajstić information content (AvgIpc) is 3.54. The van der Waals surface area contributed by atoms with Crippen LogP contribution >= 0.6 is 0 Å². The van der Waals surface area contributed by atoms with E-state index in [1.54, 1.807) is 25.3 Å². The predicted octanol–water partition coefficient (Wildman–Crippen LogP) is 3.16. The molecule has 0 aliphatic heterocycles. The Morgan fingerprint density at radius 2 is 1.93 bits per heavy atom. The standard InChI is InChI=1S/C22H25NO5/c1-27-18-9-10-19(20(12-18)28-14-16-7-8-16)21(24)23-13-17(22(25)26)11-15-5-3-2-4-6-15/h2-6,9-10,12,16-17H,7-8,11,13-14H2,1H3,(H,23,24)(H,25,26). The molecular formula is C22H25NO5. The van der Waals surface area contributed by atoms with Crippen LogP contribution < -0.4 is 14.8 Å². The number of benzene rings is 2. The zero-order valence-electron chi connectivity index (χ0n) is 15.9. The van der Waals surface area contributed by atoms with Crippen molar-refractivity contribution < 1.29 is 24.2 Å². The lowest BCUT2D eigenvalue weighted by Crippen LogP contribution is -2.34. The summed E-state index contributed by atoms with van der Waals surface area (Å²) in [6, 6.07) is 14.4. The minimum absolute atomic E-state index is 0.0388. The summed E-state index contributed by atoms with van der Waals surface area (Å²) < 4.78 is 11.0. The molecule has 1 aliphatic rings. The van der Waals surface area contributed by atoms with Crippen molar-refractivity contribution in [3.05, 3.63) is 59.7 Å². The molecule has 6 nitrogen and oxygen atoms in total. The van der Waals surface area contributed by atoms with Gasteiger partial charge in [-0.05, 0) is 42.9 Å². The number of nitrogens with one attached hydrogen (secondary N) is 1. The van der Waals surface area contributed by atoms with Gasteiger partial charge < -0.3 is 19.9 Å². The summed E-state index contributed by atoms with van der Waals surface area (Å²) in [5.41, 5.74) is 1.30. The second kappa shape index (κ2) is 9.26. The Hall–Kier alpha value is -3.02. The van der Waals surface area contributed by atoms with Gasteiger partial charge in [0.1, 0.15) is 11.5 Å². The van der Waals surface area contributed by atoms with E-state index in [0.29, 0.717) is 36.0 Å². The summed E-state index contributed by atoms with van der Waals surface area (Å²) in [5, 5.41) is 12.2. The maximum Gasteiger partial charge on any atom is 0.308 e. The van der Waals surface area contributed by atoms with Crippen LogP contribution in [0.25, 0.3) is 0 Å². The largest absolute Gasteiger partial charge is 0.497 e. The van der Waals surface area contributed by atoms with Crippen LogP contribution in [-0.2, 0) is 11.2 Å². The minimum atomic E-state index is -0.941. The van der Waals surface area contributed by atoms with Crippen molar-refractivity contribution in [2.75, 3.05) is 20.3 Å². The number of ether oxygens (including phenoxy) is 2. The first-order valence-corrected chi connectivity index (χ1v) is 9.42. The van der Waals surface area contributed by atoms with Crippen molar-refractivity contribution in [3.63, 3.8) is 0 Å². The Balaban J connectivity index is 1.65. The monoisotopic (exact) mass is 383 g/mol. The second-order valence-corrected chi connectivity index (χ2v) is 7.05. The molecule has 0 spiro atoms. The smallest absolute Gasteiger partial charge is 0.308 e. The Labute approximate surface area is 164 Å². The third-order valence-corrected chi connectivity index (χ3v) is 4.79. The average molecular weight is 383 g/mol. The molecule has 28 heavy (non-hydrogen) atoms. The summed E-state index contributed by atoms with van der Waals surface area (Å²) in [6.45, 7) is 0.608. The first-order chi connectivity index (χ1) is 13.6. The summed E-state index contributed by atoms with van der Waals surface area (Å²) in [4.78, 5) is 24.3. The third-order valence-electron chi connectivity index (χ3n) is 4.79. The number of hydrogen-bond acceptors (Lipinski definition) is 4. The van der Waals surface area contributed by atoms with Crippen molar-refractivity contribution in [2.24, 2.45) is 11.8 Å². The maximum absolute atomic E-state index is 12.7. The molecular weight excluding hydrogens is 358 g/mol. The lowest BCUT2D eigenvalue weighted by molar-refractivity contribution is -0.141. The molecule has 3 rings (SSSR count). The van der Waals surface area contributed by atoms with Gasteiger partial charge in [-0.15, -0.1) is 0 Å². The van der Waals surface area contributed by atoms with Gasteiger partial charge in [0, 0.05) is 12.6 Å². The Bertz CT molecular complexity index is 817. The molecule has 148 valence electrons. The highest BCUT2D eigenvalue weighted by Gasteiger charge is 2.24. The number of carboxylic acids is 1. The number of aliphatic carboxylic acids is 1. The van der Waals surface area contributed by atoms with Gasteiger partial charge in [0.25, 0.3) is 5.91 Å². The van der Waals surface area contributed by atoms with Gasteiger partial charge in [0.2, 0.25) is 0 Å². The van der Waals surface area contributed by atoms with E-state index in [4.69, 9.17) is 9.47 Å². The number of methoxy groups -OCH3 is 1. The molecule has 0 heterocycles. The highest BCUT2D eigenvalue weighted by Crippen LogP contribution is 2.31. The molecule has 1 unspecified atom stereocenters. The molecule has 1 saturated carbocycles. The first-order valence-electron chi connectivity index (χ1n) is 9.42. The molecule has 0 radical (unpaired) electrons. The van der Waals surface area contributed by atoms with Gasteiger partial charge in [0.15, 0.2) is 0 Å². The molecule has 0 saturated heterocycles. The van der Waals surface area contributed by atoms with Gasteiger partial charge in [0.05, 0.1) is 25.2 Å². The first kappa shape index (κ1) is 19.7. The van der Waals surface area contributed by atoms with E-state index in [1.165, 1.54) is 0 Å². The van der Waals surface area contributed by atoms with Crippen LogP contribution in [-0.4, -0.2) is 37.2 Å². The van der Waals surface area contributed by atoms with Crippen LogP contribution in [0.15, 0.2) is 48.5 Å². The fourth-order valence-corrected chi connectivity index (χ4v) is 2.89. The third kappa shape index (κ3) is 5.49. The zero-order valence-corrected chi connectivity index (χ0v) is 15.9. The summed E-state index contributed by atoms with van der Waals surface area (Å²) >= 11 is 0. The topological polar surface area (TPSA) is 84.9 Å². The van der Waals surface area contributed by atoms with Crippen LogP contribution in [0, 0.1) is 11.8 Å². The second-order valence-electron chi connectivity index (χ2n) is 7.05. The number of carboxylic acid groups (broad SMARTS) is 1. The zero-order chi connectivity index (χ0) is 19.9. The molecule has 2 aromatic carbocycles. The Morgan fingerprint density at radius 1 is 1.18 bits per heavy atom. The fraction of sp³-hybridized carbons (Fsp3) is 0.364. The molecule has 1 amide bonds. The Morgan fingerprint density at radius 3 is 2.57 bits per heavy atom. The maximum atomic E-state index is 12.7. The number of carbonyl (C=O) groups is 2. The van der Waals surface area contributed by atoms with Crippen LogP contribution in [0.3, 0.4) is 0 Å². The van der Waals surface area contributed by atoms with Crippen molar-refractivity contribution in [2.45, 2.75) is 19.3 Å². The van der Waals surface area contributed by atoms with Gasteiger partial charge in [-0.1, -0.05) is 30.3 Å². The van der Waals surface area contributed by atoms with E-state index in [2.05, 4.69) is 5.32 Å². The van der Waals surface area contributed by atoms with E-state index >= 15 is 0 Å². The molecule has 1 aliphatic carbocycles. The highest BCUT2D eigenvalue weighted by atomic mass is 16.5. The molecule has 6 heteroatoms. The van der Waals surface area contributed by atoms with E-state index in [9.17, 15) is 14.7 Å². The van der Waals surface area contributed by atoms with Crippen molar-refractivity contribution in [1.82, 2.24) is 5.32 Å². The highest BCUT2D eigenvalue weighted by molar-refractivity contribution is 5.97. The van der Waals surface area contributed by atoms with Gasteiger partial charge in [-0.3, -0.25) is 9.59 Å². The van der Waals surface area contributed by atoms with Crippen LogP contribution in [0.2, 0.25) is 0 Å². The van der Waals surface area contributed by atoms with E-state index in [-0.39, 0.29) is 12.5 Å². The number of carbonyl (C=O) groups excluding carboxylic acids is 1.